The van der Waals surface area contributed by atoms with Gasteiger partial charge in [-0.25, -0.2) is 4.63 Å². The lowest BCUT2D eigenvalue weighted by molar-refractivity contribution is 0.0749. The predicted octanol–water partition coefficient (Wildman–Crippen LogP) is 1.30. The highest BCUT2D eigenvalue weighted by molar-refractivity contribution is 5.96. The Bertz CT molecular complexity index is 391. The van der Waals surface area contributed by atoms with E-state index in [9.17, 15) is 4.79 Å². The molecule has 0 spiro atoms. The van der Waals surface area contributed by atoms with Crippen molar-refractivity contribution in [1.29, 1.82) is 0 Å². The summed E-state index contributed by atoms with van der Waals surface area (Å²) in [5, 5.41) is 6.99. The molecule has 17 heavy (non-hydrogen) atoms. The number of hydrogen-bond acceptors (Lipinski definition) is 5. The maximum absolute atomic E-state index is 12.1. The van der Waals surface area contributed by atoms with Crippen molar-refractivity contribution in [3.63, 3.8) is 0 Å². The fourth-order valence-electron chi connectivity index (χ4n) is 2.27. The maximum Gasteiger partial charge on any atom is 0.280 e. The predicted molar refractivity (Wildman–Crippen MR) is 62.2 cm³/mol. The molecule has 1 unspecified atom stereocenters. The molecule has 2 rings (SSSR count). The lowest BCUT2D eigenvalue weighted by Gasteiger charge is -2.19. The van der Waals surface area contributed by atoms with Crippen LogP contribution in [0.5, 0.6) is 0 Å². The van der Waals surface area contributed by atoms with Crippen molar-refractivity contribution in [2.24, 2.45) is 5.92 Å². The van der Waals surface area contributed by atoms with Crippen LogP contribution in [0, 0.1) is 5.92 Å². The molecule has 0 aliphatic carbocycles. The normalized spacial score (nSPS) is 21.2. The number of hydrogen-bond donors (Lipinski definition) is 1. The zero-order valence-electron chi connectivity index (χ0n) is 10.1. The van der Waals surface area contributed by atoms with Crippen molar-refractivity contribution in [2.45, 2.75) is 32.6 Å². The van der Waals surface area contributed by atoms with E-state index >= 15 is 0 Å². The minimum atomic E-state index is -0.166. The molecule has 1 atom stereocenters. The number of aromatic nitrogens is 2. The van der Waals surface area contributed by atoms with Gasteiger partial charge < -0.3 is 10.6 Å². The Morgan fingerprint density at radius 2 is 2.29 bits per heavy atom. The Labute approximate surface area is 100 Å². The second-order valence-electron chi connectivity index (χ2n) is 4.50. The Kier molecular flexibility index (Phi) is 3.61. The van der Waals surface area contributed by atoms with E-state index in [2.05, 4.69) is 21.9 Å². The summed E-state index contributed by atoms with van der Waals surface area (Å²) in [7, 11) is 0. The SMILES string of the molecule is CCC1CCCN(C(=O)c2nonc2N)CC1. The van der Waals surface area contributed by atoms with Crippen LogP contribution in [-0.2, 0) is 0 Å². The lowest BCUT2D eigenvalue weighted by Crippen LogP contribution is -2.32. The first kappa shape index (κ1) is 11.9. The van der Waals surface area contributed by atoms with Gasteiger partial charge in [-0.15, -0.1) is 0 Å². The van der Waals surface area contributed by atoms with Crippen LogP contribution in [0.15, 0.2) is 4.63 Å². The van der Waals surface area contributed by atoms with Crippen LogP contribution in [0.3, 0.4) is 0 Å². The van der Waals surface area contributed by atoms with Gasteiger partial charge >= 0.3 is 0 Å². The van der Waals surface area contributed by atoms with Gasteiger partial charge in [0.15, 0.2) is 0 Å². The smallest absolute Gasteiger partial charge is 0.280 e. The topological polar surface area (TPSA) is 85.2 Å². The van der Waals surface area contributed by atoms with Gasteiger partial charge in [0, 0.05) is 13.1 Å². The van der Waals surface area contributed by atoms with Crippen molar-refractivity contribution in [2.75, 3.05) is 18.8 Å². The van der Waals surface area contributed by atoms with Gasteiger partial charge in [-0.1, -0.05) is 13.3 Å². The van der Waals surface area contributed by atoms with Crippen molar-refractivity contribution in [3.05, 3.63) is 5.69 Å². The number of rotatable bonds is 2. The number of nitrogens with two attached hydrogens (primary N) is 1. The van der Waals surface area contributed by atoms with Crippen LogP contribution in [-0.4, -0.2) is 34.2 Å². The molecule has 1 aliphatic rings. The van der Waals surface area contributed by atoms with Gasteiger partial charge in [-0.3, -0.25) is 4.79 Å². The molecule has 1 aromatic heterocycles. The first-order valence-corrected chi connectivity index (χ1v) is 6.09. The number of anilines is 1. The highest BCUT2D eigenvalue weighted by atomic mass is 16.6. The maximum atomic E-state index is 12.1. The molecule has 0 aromatic carbocycles. The molecular weight excluding hydrogens is 220 g/mol. The molecular formula is C11H18N4O2. The molecule has 2 heterocycles. The molecule has 2 N–H and O–H groups in total. The van der Waals surface area contributed by atoms with Crippen LogP contribution in [0.4, 0.5) is 5.82 Å². The van der Waals surface area contributed by atoms with Gasteiger partial charge in [0.25, 0.3) is 5.91 Å². The zero-order chi connectivity index (χ0) is 12.3. The number of carbonyl (C=O) groups is 1. The summed E-state index contributed by atoms with van der Waals surface area (Å²) in [5.74, 6) is 0.632. The van der Waals surface area contributed by atoms with E-state index in [1.54, 1.807) is 4.90 Å². The van der Waals surface area contributed by atoms with Gasteiger partial charge in [0.05, 0.1) is 0 Å². The van der Waals surface area contributed by atoms with Crippen LogP contribution in [0.25, 0.3) is 0 Å². The Morgan fingerprint density at radius 1 is 1.47 bits per heavy atom. The summed E-state index contributed by atoms with van der Waals surface area (Å²) in [5.41, 5.74) is 5.66. The average Bonchev–Trinajstić information content (AvgIpc) is 2.64. The van der Waals surface area contributed by atoms with E-state index in [4.69, 9.17) is 5.73 Å². The third kappa shape index (κ3) is 2.57. The molecule has 1 amide bonds. The minimum absolute atomic E-state index is 0.0753. The first-order valence-electron chi connectivity index (χ1n) is 6.09. The van der Waals surface area contributed by atoms with E-state index < -0.39 is 0 Å². The van der Waals surface area contributed by atoms with Gasteiger partial charge in [-0.05, 0) is 35.5 Å². The third-order valence-corrected chi connectivity index (χ3v) is 3.43. The summed E-state index contributed by atoms with van der Waals surface area (Å²) in [6.45, 7) is 3.73. The fourth-order valence-corrected chi connectivity index (χ4v) is 2.27. The molecule has 6 heteroatoms. The fraction of sp³-hybridized carbons (Fsp3) is 0.727. The standard InChI is InChI=1S/C11H18N4O2/c1-2-8-4-3-6-15(7-5-8)11(16)9-10(12)14-17-13-9/h8H,2-7H2,1H3,(H2,12,14). The molecule has 6 nitrogen and oxygen atoms in total. The molecule has 0 saturated carbocycles. The number of carbonyl (C=O) groups excluding carboxylic acids is 1. The highest BCUT2D eigenvalue weighted by Gasteiger charge is 2.25. The monoisotopic (exact) mass is 238 g/mol. The van der Waals surface area contributed by atoms with Crippen molar-refractivity contribution in [1.82, 2.24) is 15.2 Å². The summed E-state index contributed by atoms with van der Waals surface area (Å²) < 4.78 is 4.46. The van der Waals surface area contributed by atoms with Crippen LogP contribution >= 0.6 is 0 Å². The number of amides is 1. The minimum Gasteiger partial charge on any atom is -0.379 e. The molecule has 0 radical (unpaired) electrons. The summed E-state index contributed by atoms with van der Waals surface area (Å²) in [6, 6.07) is 0. The number of nitrogen functional groups attached to an aromatic ring is 1. The molecule has 0 bridgehead atoms. The van der Waals surface area contributed by atoms with Crippen LogP contribution in [0.1, 0.15) is 43.1 Å². The lowest BCUT2D eigenvalue weighted by atomic mass is 9.98. The molecule has 94 valence electrons. The summed E-state index contributed by atoms with van der Waals surface area (Å²) in [4.78, 5) is 13.9. The van der Waals surface area contributed by atoms with Crippen molar-refractivity contribution in [3.8, 4) is 0 Å². The quantitative estimate of drug-likeness (QED) is 0.839. The van der Waals surface area contributed by atoms with E-state index in [0.29, 0.717) is 0 Å². The van der Waals surface area contributed by atoms with Gasteiger partial charge in [-0.2, -0.15) is 0 Å². The van der Waals surface area contributed by atoms with E-state index in [0.717, 1.165) is 31.8 Å². The zero-order valence-corrected chi connectivity index (χ0v) is 10.1. The Hall–Kier alpha value is -1.59. The molecule has 1 aromatic rings. The summed E-state index contributed by atoms with van der Waals surface area (Å²) >= 11 is 0. The highest BCUT2D eigenvalue weighted by Crippen LogP contribution is 2.21. The van der Waals surface area contributed by atoms with Gasteiger partial charge in [0.2, 0.25) is 11.5 Å². The second-order valence-corrected chi connectivity index (χ2v) is 4.50. The number of likely N-dealkylation sites (tertiary alicyclic amines) is 1. The third-order valence-electron chi connectivity index (χ3n) is 3.43. The van der Waals surface area contributed by atoms with Crippen LogP contribution < -0.4 is 5.73 Å². The molecule has 1 fully saturated rings. The summed E-state index contributed by atoms with van der Waals surface area (Å²) in [6.07, 6.45) is 4.45. The number of nitrogens with zero attached hydrogens (tertiary/aromatic N) is 3. The van der Waals surface area contributed by atoms with E-state index in [1.165, 1.54) is 12.8 Å². The van der Waals surface area contributed by atoms with E-state index in [-0.39, 0.29) is 17.4 Å². The van der Waals surface area contributed by atoms with Crippen molar-refractivity contribution < 1.29 is 9.42 Å². The Morgan fingerprint density at radius 3 is 2.94 bits per heavy atom. The van der Waals surface area contributed by atoms with Crippen molar-refractivity contribution >= 4 is 11.7 Å². The molecule has 1 saturated heterocycles. The first-order chi connectivity index (χ1) is 8.22. The second kappa shape index (κ2) is 5.16. The van der Waals surface area contributed by atoms with E-state index in [1.807, 2.05) is 0 Å². The largest absolute Gasteiger partial charge is 0.379 e. The molecule has 1 aliphatic heterocycles. The van der Waals surface area contributed by atoms with Gasteiger partial charge in [0.1, 0.15) is 0 Å². The average molecular weight is 238 g/mol. The van der Waals surface area contributed by atoms with Crippen LogP contribution in [0.2, 0.25) is 0 Å². The Balaban J connectivity index is 2.03.